The second-order valence-corrected chi connectivity index (χ2v) is 3.19. The molecule has 0 aliphatic heterocycles. The molecule has 0 aliphatic rings. The smallest absolute Gasteiger partial charge is 0.292 e. The third-order valence-corrected chi connectivity index (χ3v) is 2.20. The van der Waals surface area contributed by atoms with Gasteiger partial charge >= 0.3 is 0 Å². The van der Waals surface area contributed by atoms with Crippen molar-refractivity contribution in [2.45, 2.75) is 0 Å². The van der Waals surface area contributed by atoms with Crippen LogP contribution in [0.3, 0.4) is 0 Å². The molecule has 0 aliphatic carbocycles. The fourth-order valence-corrected chi connectivity index (χ4v) is 1.52. The zero-order valence-electron chi connectivity index (χ0n) is 7.77. The predicted molar refractivity (Wildman–Crippen MR) is 56.0 cm³/mol. The lowest BCUT2D eigenvalue weighted by Crippen LogP contribution is -1.81. The first-order chi connectivity index (χ1) is 7.33. The first kappa shape index (κ1) is 8.05. The molecule has 0 atom stereocenters. The maximum absolute atomic E-state index is 5.46. The van der Waals surface area contributed by atoms with Crippen LogP contribution in [0.2, 0.25) is 0 Å². The molecule has 0 unspecified atom stereocenters. The van der Waals surface area contributed by atoms with Crippen LogP contribution in [0.1, 0.15) is 0 Å². The Bertz CT molecular complexity index is 597. The molecule has 3 rings (SSSR count). The van der Waals surface area contributed by atoms with Gasteiger partial charge in [0.1, 0.15) is 5.52 Å². The summed E-state index contributed by atoms with van der Waals surface area (Å²) in [5, 5.41) is 0. The van der Waals surface area contributed by atoms with Crippen molar-refractivity contribution in [3.05, 3.63) is 30.7 Å². The molecule has 0 bridgehead atoms. The molecule has 15 heavy (non-hydrogen) atoms. The summed E-state index contributed by atoms with van der Waals surface area (Å²) in [6, 6.07) is 5.83. The van der Waals surface area contributed by atoms with Crippen LogP contribution in [0.15, 0.2) is 35.1 Å². The van der Waals surface area contributed by atoms with Crippen molar-refractivity contribution in [3.8, 4) is 11.3 Å². The van der Waals surface area contributed by atoms with Crippen molar-refractivity contribution >= 4 is 17.1 Å². The van der Waals surface area contributed by atoms with E-state index < -0.39 is 0 Å². The van der Waals surface area contributed by atoms with Crippen LogP contribution in [-0.2, 0) is 0 Å². The van der Waals surface area contributed by atoms with Crippen LogP contribution in [0.4, 0.5) is 6.01 Å². The summed E-state index contributed by atoms with van der Waals surface area (Å²) >= 11 is 0. The highest BCUT2D eigenvalue weighted by Gasteiger charge is 2.05. The molecule has 3 aromatic rings. The number of benzene rings is 1. The number of fused-ring (bicyclic) bond motifs is 1. The van der Waals surface area contributed by atoms with Gasteiger partial charge in [-0.3, -0.25) is 0 Å². The van der Waals surface area contributed by atoms with Crippen LogP contribution in [0.25, 0.3) is 22.4 Å². The SMILES string of the molecule is Nc1nc2cc(-c3c[nH]cn3)ccc2o1. The zero-order chi connectivity index (χ0) is 10.3. The van der Waals surface area contributed by atoms with Gasteiger partial charge in [-0.05, 0) is 18.2 Å². The Kier molecular flexibility index (Phi) is 1.53. The van der Waals surface area contributed by atoms with Gasteiger partial charge in [-0.25, -0.2) is 4.98 Å². The van der Waals surface area contributed by atoms with Crippen molar-refractivity contribution in [2.24, 2.45) is 0 Å². The van der Waals surface area contributed by atoms with Gasteiger partial charge in [0.2, 0.25) is 0 Å². The molecule has 5 heteroatoms. The van der Waals surface area contributed by atoms with E-state index in [1.807, 2.05) is 24.4 Å². The molecule has 0 radical (unpaired) electrons. The van der Waals surface area contributed by atoms with E-state index >= 15 is 0 Å². The number of imidazole rings is 1. The Labute approximate surface area is 85.0 Å². The number of nitrogens with two attached hydrogens (primary N) is 1. The number of nitrogens with zero attached hydrogens (tertiary/aromatic N) is 2. The van der Waals surface area contributed by atoms with Gasteiger partial charge in [-0.1, -0.05) is 0 Å². The van der Waals surface area contributed by atoms with E-state index in [0.717, 1.165) is 16.8 Å². The Morgan fingerprint density at radius 1 is 1.33 bits per heavy atom. The highest BCUT2D eigenvalue weighted by molar-refractivity contribution is 5.80. The number of hydrogen-bond donors (Lipinski definition) is 2. The fraction of sp³-hybridized carbons (Fsp3) is 0. The van der Waals surface area contributed by atoms with Gasteiger partial charge in [-0.2, -0.15) is 4.98 Å². The summed E-state index contributed by atoms with van der Waals surface area (Å²) < 4.78 is 5.18. The molecule has 0 amide bonds. The zero-order valence-corrected chi connectivity index (χ0v) is 7.77. The van der Waals surface area contributed by atoms with Gasteiger partial charge < -0.3 is 15.1 Å². The number of anilines is 1. The predicted octanol–water partition coefficient (Wildman–Crippen LogP) is 1.80. The lowest BCUT2D eigenvalue weighted by Gasteiger charge is -1.94. The Morgan fingerprint density at radius 2 is 2.27 bits per heavy atom. The second kappa shape index (κ2) is 2.84. The number of rotatable bonds is 1. The molecule has 1 aromatic carbocycles. The first-order valence-electron chi connectivity index (χ1n) is 4.48. The van der Waals surface area contributed by atoms with Crippen molar-refractivity contribution < 1.29 is 4.42 Å². The van der Waals surface area contributed by atoms with E-state index in [1.54, 1.807) is 6.33 Å². The van der Waals surface area contributed by atoms with E-state index in [9.17, 15) is 0 Å². The Balaban J connectivity index is 2.21. The number of nitrogen functional groups attached to an aromatic ring is 1. The third kappa shape index (κ3) is 1.25. The number of aromatic nitrogens is 3. The van der Waals surface area contributed by atoms with Gasteiger partial charge in [0.25, 0.3) is 6.01 Å². The molecule has 0 saturated heterocycles. The molecule has 2 aromatic heterocycles. The molecule has 0 saturated carbocycles. The lowest BCUT2D eigenvalue weighted by molar-refractivity contribution is 0.626. The third-order valence-electron chi connectivity index (χ3n) is 2.20. The van der Waals surface area contributed by atoms with Crippen LogP contribution in [-0.4, -0.2) is 15.0 Å². The number of hydrogen-bond acceptors (Lipinski definition) is 4. The largest absolute Gasteiger partial charge is 0.424 e. The van der Waals surface area contributed by atoms with E-state index in [4.69, 9.17) is 10.2 Å². The maximum Gasteiger partial charge on any atom is 0.292 e. The van der Waals surface area contributed by atoms with Gasteiger partial charge in [0, 0.05) is 11.8 Å². The van der Waals surface area contributed by atoms with Gasteiger partial charge in [0.05, 0.1) is 12.0 Å². The van der Waals surface area contributed by atoms with Crippen LogP contribution in [0, 0.1) is 0 Å². The van der Waals surface area contributed by atoms with E-state index in [0.29, 0.717) is 5.58 Å². The van der Waals surface area contributed by atoms with Crippen molar-refractivity contribution in [2.75, 3.05) is 5.73 Å². The summed E-state index contributed by atoms with van der Waals surface area (Å²) in [6.07, 6.45) is 3.46. The summed E-state index contributed by atoms with van der Waals surface area (Å²) in [6.45, 7) is 0. The molecule has 0 fully saturated rings. The number of aromatic amines is 1. The van der Waals surface area contributed by atoms with E-state index in [1.165, 1.54) is 0 Å². The quantitative estimate of drug-likeness (QED) is 0.627. The highest BCUT2D eigenvalue weighted by atomic mass is 16.4. The fourth-order valence-electron chi connectivity index (χ4n) is 1.52. The lowest BCUT2D eigenvalue weighted by atomic mass is 10.1. The second-order valence-electron chi connectivity index (χ2n) is 3.19. The Hall–Kier alpha value is -2.30. The molecule has 0 spiro atoms. The molecular formula is C10H8N4O. The standard InChI is InChI=1S/C10H8N4O/c11-10-14-7-3-6(1-2-9(7)15-10)8-4-12-5-13-8/h1-5H,(H2,11,14)(H,12,13). The highest BCUT2D eigenvalue weighted by Crippen LogP contribution is 2.23. The minimum absolute atomic E-state index is 0.184. The van der Waals surface area contributed by atoms with Gasteiger partial charge in [0.15, 0.2) is 5.58 Å². The summed E-state index contributed by atoms with van der Waals surface area (Å²) in [4.78, 5) is 11.1. The molecule has 2 heterocycles. The Morgan fingerprint density at radius 3 is 3.07 bits per heavy atom. The first-order valence-corrected chi connectivity index (χ1v) is 4.48. The van der Waals surface area contributed by atoms with Crippen molar-refractivity contribution in [1.82, 2.24) is 15.0 Å². The topological polar surface area (TPSA) is 80.7 Å². The van der Waals surface area contributed by atoms with Crippen LogP contribution in [0.5, 0.6) is 0 Å². The maximum atomic E-state index is 5.46. The monoisotopic (exact) mass is 200 g/mol. The average Bonchev–Trinajstić information content (AvgIpc) is 2.82. The minimum Gasteiger partial charge on any atom is -0.424 e. The summed E-state index contributed by atoms with van der Waals surface area (Å²) in [5.41, 5.74) is 8.75. The number of H-pyrrole nitrogens is 1. The number of oxazole rings is 1. The van der Waals surface area contributed by atoms with E-state index in [2.05, 4.69) is 15.0 Å². The average molecular weight is 200 g/mol. The molecule has 3 N–H and O–H groups in total. The van der Waals surface area contributed by atoms with Gasteiger partial charge in [-0.15, -0.1) is 0 Å². The van der Waals surface area contributed by atoms with Crippen molar-refractivity contribution in [3.63, 3.8) is 0 Å². The van der Waals surface area contributed by atoms with Crippen molar-refractivity contribution in [1.29, 1.82) is 0 Å². The molecule has 74 valence electrons. The summed E-state index contributed by atoms with van der Waals surface area (Å²) in [7, 11) is 0. The normalized spacial score (nSPS) is 10.9. The van der Waals surface area contributed by atoms with Crippen LogP contribution < -0.4 is 5.73 Å². The molecular weight excluding hydrogens is 192 g/mol. The summed E-state index contributed by atoms with van der Waals surface area (Å²) in [5.74, 6) is 0. The molecule has 5 nitrogen and oxygen atoms in total. The number of nitrogens with one attached hydrogen (secondary N) is 1. The van der Waals surface area contributed by atoms with Crippen LogP contribution >= 0.6 is 0 Å². The minimum atomic E-state index is 0.184. The van der Waals surface area contributed by atoms with E-state index in [-0.39, 0.29) is 6.01 Å².